The topological polar surface area (TPSA) is 34.5 Å². The van der Waals surface area contributed by atoms with Crippen LogP contribution in [0.5, 0.6) is 5.75 Å². The van der Waals surface area contributed by atoms with Crippen LogP contribution in [0.4, 0.5) is 18.9 Å². The van der Waals surface area contributed by atoms with Crippen molar-refractivity contribution in [3.8, 4) is 5.75 Å². The Morgan fingerprint density at radius 3 is 2.39 bits per heavy atom. The predicted octanol–water partition coefficient (Wildman–Crippen LogP) is 3.99. The average molecular weight is 313 g/mol. The maximum Gasteiger partial charge on any atom is 0.573 e. The van der Waals surface area contributed by atoms with Crippen molar-refractivity contribution in [2.45, 2.75) is 6.36 Å². The van der Waals surface area contributed by atoms with Gasteiger partial charge in [-0.3, -0.25) is 0 Å². The summed E-state index contributed by atoms with van der Waals surface area (Å²) in [7, 11) is 2.47. The molecule has 3 nitrogen and oxygen atoms in total. The number of aromatic nitrogens is 1. The summed E-state index contributed by atoms with van der Waals surface area (Å²) in [6.45, 7) is 0. The van der Waals surface area contributed by atoms with Gasteiger partial charge < -0.3 is 4.74 Å². The average Bonchev–Trinajstić information content (AvgIpc) is 2.65. The number of benzene rings is 1. The lowest BCUT2D eigenvalue weighted by atomic mass is 10.3. The molecule has 0 N–H and O–H groups in total. The molecule has 0 fully saturated rings. The van der Waals surface area contributed by atoms with Crippen molar-refractivity contribution in [2.75, 3.05) is 0 Å². The van der Waals surface area contributed by atoms with E-state index in [4.69, 9.17) is 11.6 Å². The summed E-state index contributed by atoms with van der Waals surface area (Å²) in [5.74, 6) is -0.292. The molecule has 2 rings (SSSR count). The third-order valence-electron chi connectivity index (χ3n) is 1.71. The Bertz CT molecular complexity index is 591. The highest BCUT2D eigenvalue weighted by atomic mass is 35.5. The fourth-order valence-corrected chi connectivity index (χ4v) is 3.06. The first-order valence-corrected chi connectivity index (χ1v) is 6.94. The zero-order chi connectivity index (χ0) is 13.2. The van der Waals surface area contributed by atoms with Crippen molar-refractivity contribution >= 4 is 38.2 Å². The van der Waals surface area contributed by atoms with Gasteiger partial charge in [0.1, 0.15) is 5.75 Å². The highest BCUT2D eigenvalue weighted by molar-refractivity contribution is 7.66. The van der Waals surface area contributed by atoms with E-state index in [9.17, 15) is 13.2 Å². The molecule has 18 heavy (non-hydrogen) atoms. The van der Waals surface area contributed by atoms with Gasteiger partial charge in [0.05, 0.1) is 5.69 Å². The van der Waals surface area contributed by atoms with Crippen LogP contribution in [-0.4, -0.2) is 10.7 Å². The SMILES string of the molecule is FC(F)(F)Oc1ccc(/N=c2\ssnc2Cl)cc1. The van der Waals surface area contributed by atoms with Gasteiger partial charge in [0, 0.05) is 10.5 Å². The third kappa shape index (κ3) is 3.69. The van der Waals surface area contributed by atoms with Crippen LogP contribution in [0.2, 0.25) is 5.15 Å². The lowest BCUT2D eigenvalue weighted by Crippen LogP contribution is -2.16. The molecule has 0 radical (unpaired) electrons. The molecule has 2 aromatic rings. The number of ether oxygens (including phenoxy) is 1. The van der Waals surface area contributed by atoms with Crippen molar-refractivity contribution in [1.29, 1.82) is 0 Å². The van der Waals surface area contributed by atoms with Gasteiger partial charge in [-0.15, -0.1) is 13.2 Å². The molecule has 0 bridgehead atoms. The number of hydrogen-bond acceptors (Lipinski definition) is 5. The van der Waals surface area contributed by atoms with Crippen molar-refractivity contribution in [1.82, 2.24) is 4.37 Å². The number of hydrogen-bond donors (Lipinski definition) is 0. The van der Waals surface area contributed by atoms with Gasteiger partial charge in [0.2, 0.25) is 0 Å². The van der Waals surface area contributed by atoms with E-state index in [2.05, 4.69) is 14.1 Å². The Kier molecular flexibility index (Phi) is 3.88. The van der Waals surface area contributed by atoms with E-state index in [1.807, 2.05) is 0 Å². The molecule has 0 saturated carbocycles. The summed E-state index contributed by atoms with van der Waals surface area (Å²) in [5.41, 5.74) is 0.475. The fourth-order valence-electron chi connectivity index (χ4n) is 1.06. The van der Waals surface area contributed by atoms with Crippen molar-refractivity contribution in [3.63, 3.8) is 0 Å². The number of rotatable bonds is 2. The Labute approximate surface area is 112 Å². The molecule has 1 aromatic carbocycles. The largest absolute Gasteiger partial charge is 0.573 e. The van der Waals surface area contributed by atoms with Crippen molar-refractivity contribution in [3.05, 3.63) is 34.1 Å². The summed E-state index contributed by atoms with van der Waals surface area (Å²) >= 11 is 5.75. The zero-order valence-electron chi connectivity index (χ0n) is 8.44. The number of alkyl halides is 3. The quantitative estimate of drug-likeness (QED) is 0.786. The fraction of sp³-hybridized carbons (Fsp3) is 0.111. The lowest BCUT2D eigenvalue weighted by molar-refractivity contribution is -0.274. The first-order chi connectivity index (χ1) is 8.44. The highest BCUT2D eigenvalue weighted by Gasteiger charge is 2.30. The van der Waals surface area contributed by atoms with E-state index in [1.54, 1.807) is 0 Å². The smallest absolute Gasteiger partial charge is 0.406 e. The van der Waals surface area contributed by atoms with E-state index >= 15 is 0 Å². The molecule has 0 aliphatic carbocycles. The van der Waals surface area contributed by atoms with Gasteiger partial charge in [0.15, 0.2) is 9.82 Å². The lowest BCUT2D eigenvalue weighted by Gasteiger charge is -2.08. The Balaban J connectivity index is 2.21. The van der Waals surface area contributed by atoms with E-state index in [1.165, 1.54) is 45.1 Å². The van der Waals surface area contributed by atoms with Gasteiger partial charge in [-0.2, -0.15) is 4.37 Å². The molecule has 9 heteroatoms. The number of halogens is 4. The molecule has 0 unspecified atom stereocenters. The minimum atomic E-state index is -4.69. The molecular formula is C9H4ClF3N2OS2. The maximum absolute atomic E-state index is 11.9. The van der Waals surface area contributed by atoms with Gasteiger partial charge >= 0.3 is 6.36 Å². The standard InChI is InChI=1S/C9H4ClF3N2OS2/c10-7-8(17-18-15-7)14-5-1-3-6(4-2-5)16-9(11,12)13/h1-4H/b14-8-. The van der Waals surface area contributed by atoms with Crippen LogP contribution in [0.3, 0.4) is 0 Å². The molecular weight excluding hydrogens is 309 g/mol. The molecule has 1 aromatic heterocycles. The Hall–Kier alpha value is -1.12. The van der Waals surface area contributed by atoms with Crippen LogP contribution in [0.1, 0.15) is 0 Å². The highest BCUT2D eigenvalue weighted by Crippen LogP contribution is 2.24. The summed E-state index contributed by atoms with van der Waals surface area (Å²) in [6, 6.07) is 5.18. The second-order valence-electron chi connectivity index (χ2n) is 3.00. The molecule has 0 amide bonds. The first-order valence-electron chi connectivity index (χ1n) is 4.46. The summed E-state index contributed by atoms with van der Waals surface area (Å²) in [5, 5.41) is 0.278. The zero-order valence-corrected chi connectivity index (χ0v) is 10.8. The Morgan fingerprint density at radius 1 is 1.22 bits per heavy atom. The predicted molar refractivity (Wildman–Crippen MR) is 63.3 cm³/mol. The van der Waals surface area contributed by atoms with E-state index in [0.717, 1.165) is 0 Å². The summed E-state index contributed by atoms with van der Waals surface area (Å²) in [4.78, 5) is 4.14. The second-order valence-corrected chi connectivity index (χ2v) is 5.19. The van der Waals surface area contributed by atoms with Gasteiger partial charge in [-0.25, -0.2) is 4.99 Å². The molecule has 0 aliphatic heterocycles. The van der Waals surface area contributed by atoms with Crippen LogP contribution in [0.25, 0.3) is 0 Å². The van der Waals surface area contributed by atoms with Crippen molar-refractivity contribution in [2.24, 2.45) is 4.99 Å². The molecule has 96 valence electrons. The molecule has 0 aliphatic rings. The number of nitrogens with zero attached hydrogens (tertiary/aromatic N) is 2. The van der Waals surface area contributed by atoms with E-state index in [0.29, 0.717) is 10.4 Å². The van der Waals surface area contributed by atoms with Gasteiger partial charge in [-0.1, -0.05) is 11.6 Å². The molecule has 0 atom stereocenters. The second kappa shape index (κ2) is 5.25. The van der Waals surface area contributed by atoms with Crippen LogP contribution >= 0.6 is 32.5 Å². The van der Waals surface area contributed by atoms with E-state index in [-0.39, 0.29) is 10.9 Å². The van der Waals surface area contributed by atoms with Gasteiger partial charge in [-0.05, 0) is 34.6 Å². The minimum absolute atomic E-state index is 0.278. The molecule has 0 spiro atoms. The molecule has 0 saturated heterocycles. The van der Waals surface area contributed by atoms with Crippen molar-refractivity contribution < 1.29 is 17.9 Å². The monoisotopic (exact) mass is 312 g/mol. The molecule has 1 heterocycles. The maximum atomic E-state index is 11.9. The minimum Gasteiger partial charge on any atom is -0.406 e. The Morgan fingerprint density at radius 2 is 1.89 bits per heavy atom. The third-order valence-corrected chi connectivity index (χ3v) is 3.88. The van der Waals surface area contributed by atoms with Crippen LogP contribution in [0, 0.1) is 0 Å². The summed E-state index contributed by atoms with van der Waals surface area (Å²) < 4.78 is 43.9. The summed E-state index contributed by atoms with van der Waals surface area (Å²) in [6.07, 6.45) is -4.69. The first kappa shape index (κ1) is 13.3. The van der Waals surface area contributed by atoms with E-state index < -0.39 is 6.36 Å². The van der Waals surface area contributed by atoms with Crippen LogP contribution in [0.15, 0.2) is 29.3 Å². The normalized spacial score (nSPS) is 12.8. The van der Waals surface area contributed by atoms with Gasteiger partial charge in [0.25, 0.3) is 0 Å². The van der Waals surface area contributed by atoms with Crippen LogP contribution < -0.4 is 9.41 Å². The van der Waals surface area contributed by atoms with Crippen LogP contribution in [-0.2, 0) is 0 Å².